The number of nitrogens with zero attached hydrogens (tertiary/aromatic N) is 9. The maximum absolute atomic E-state index is 13.5. The summed E-state index contributed by atoms with van der Waals surface area (Å²) in [6, 6.07) is 17.9. The summed E-state index contributed by atoms with van der Waals surface area (Å²) in [7, 11) is 0. The molecule has 15 heteroatoms. The van der Waals surface area contributed by atoms with E-state index in [1.807, 2.05) is 30.3 Å². The van der Waals surface area contributed by atoms with Crippen molar-refractivity contribution in [2.45, 2.75) is 64.1 Å². The zero-order chi connectivity index (χ0) is 41.1. The summed E-state index contributed by atoms with van der Waals surface area (Å²) in [6.07, 6.45) is 7.08. The molecular weight excluding hydrogens is 759 g/mol. The lowest BCUT2D eigenvalue weighted by atomic mass is 9.98. The van der Waals surface area contributed by atoms with Crippen LogP contribution in [0.5, 0.6) is 0 Å². The van der Waals surface area contributed by atoms with Crippen LogP contribution >= 0.6 is 0 Å². The number of piperidine rings is 1. The minimum atomic E-state index is -0.602. The number of hydrogen-bond donors (Lipinski definition) is 2. The molecular formula is C45H49N11O4. The van der Waals surface area contributed by atoms with E-state index in [0.29, 0.717) is 59.7 Å². The largest absolute Gasteiger partial charge is 0.371 e. The molecule has 2 aromatic carbocycles. The maximum atomic E-state index is 13.5. The number of piperazine rings is 1. The van der Waals surface area contributed by atoms with Crippen LogP contribution in [0.2, 0.25) is 0 Å². The zero-order valence-corrected chi connectivity index (χ0v) is 33.8. The summed E-state index contributed by atoms with van der Waals surface area (Å²) in [5.41, 5.74) is 7.44. The van der Waals surface area contributed by atoms with Gasteiger partial charge in [-0.25, -0.2) is 19.3 Å². The van der Waals surface area contributed by atoms with Gasteiger partial charge in [-0.15, -0.1) is 6.58 Å². The molecule has 60 heavy (non-hydrogen) atoms. The summed E-state index contributed by atoms with van der Waals surface area (Å²) >= 11 is 0. The fraction of sp³-hybridized carbons (Fsp3) is 0.400. The molecule has 0 saturated carbocycles. The van der Waals surface area contributed by atoms with Gasteiger partial charge in [0.1, 0.15) is 11.4 Å². The van der Waals surface area contributed by atoms with Crippen LogP contribution in [0.4, 0.5) is 23.0 Å². The number of rotatable bonds is 11. The first kappa shape index (κ1) is 37.9. The Morgan fingerprint density at radius 3 is 2.45 bits per heavy atom. The lowest BCUT2D eigenvalue weighted by molar-refractivity contribution is -0.136. The minimum absolute atomic E-state index is 0.139. The molecule has 0 spiro atoms. The molecule has 3 fully saturated rings. The Hall–Kier alpha value is -6.35. The highest BCUT2D eigenvalue weighted by Crippen LogP contribution is 2.35. The van der Waals surface area contributed by atoms with E-state index >= 15 is 0 Å². The van der Waals surface area contributed by atoms with Crippen LogP contribution in [0.15, 0.2) is 78.2 Å². The number of imide groups is 1. The van der Waals surface area contributed by atoms with Crippen LogP contribution < -0.4 is 26.0 Å². The number of nitrogens with one attached hydrogen (secondary N) is 2. The van der Waals surface area contributed by atoms with Gasteiger partial charge in [0.15, 0.2) is 11.5 Å². The number of benzene rings is 2. The second kappa shape index (κ2) is 15.4. The molecule has 3 amide bonds. The first-order valence-corrected chi connectivity index (χ1v) is 21.2. The van der Waals surface area contributed by atoms with E-state index in [9.17, 15) is 19.2 Å². The van der Waals surface area contributed by atoms with Crippen molar-refractivity contribution in [1.82, 2.24) is 39.4 Å². The fourth-order valence-electron chi connectivity index (χ4n) is 9.74. The summed E-state index contributed by atoms with van der Waals surface area (Å²) < 4.78 is 3.43. The number of anilines is 4. The van der Waals surface area contributed by atoms with Gasteiger partial charge in [0.05, 0.1) is 6.54 Å². The Morgan fingerprint density at radius 1 is 0.883 bits per heavy atom. The first-order chi connectivity index (χ1) is 29.2. The summed E-state index contributed by atoms with van der Waals surface area (Å²) in [4.78, 5) is 74.1. The normalized spacial score (nSPS) is 20.7. The molecule has 4 aliphatic heterocycles. The van der Waals surface area contributed by atoms with E-state index < -0.39 is 6.04 Å². The lowest BCUT2D eigenvalue weighted by Gasteiger charge is -2.45. The van der Waals surface area contributed by atoms with E-state index in [-0.39, 0.29) is 29.7 Å². The molecule has 2 unspecified atom stereocenters. The SMILES string of the molecule is C=CCn1c(=O)c2cnc(Nc3ccc(N4CC(CN5CCN(c6ccc7c(c6)CN(C6CCC(=O)NC6=O)C7=O)CC5)C4)cc3)nc2n1-c1ccc2c(n1)C(CC)CC2. The van der Waals surface area contributed by atoms with Gasteiger partial charge in [0, 0.05) is 105 Å². The van der Waals surface area contributed by atoms with E-state index in [4.69, 9.17) is 9.97 Å². The average molecular weight is 808 g/mol. The van der Waals surface area contributed by atoms with Gasteiger partial charge in [0.25, 0.3) is 11.5 Å². The molecule has 0 radical (unpaired) electrons. The molecule has 10 rings (SSSR count). The summed E-state index contributed by atoms with van der Waals surface area (Å²) in [6.45, 7) is 13.6. The predicted octanol–water partition coefficient (Wildman–Crippen LogP) is 4.37. The highest BCUT2D eigenvalue weighted by Gasteiger charge is 2.39. The molecule has 5 aromatic rings. The van der Waals surface area contributed by atoms with Gasteiger partial charge >= 0.3 is 0 Å². The number of pyridine rings is 1. The van der Waals surface area contributed by atoms with Crippen LogP contribution in [0.3, 0.4) is 0 Å². The topological polar surface area (TPSA) is 154 Å². The Kier molecular flexibility index (Phi) is 9.69. The number of hydrogen-bond acceptors (Lipinski definition) is 11. The molecule has 2 N–H and O–H groups in total. The van der Waals surface area contributed by atoms with Crippen molar-refractivity contribution in [1.29, 1.82) is 0 Å². The van der Waals surface area contributed by atoms with Crippen molar-refractivity contribution >= 4 is 51.8 Å². The highest BCUT2D eigenvalue weighted by atomic mass is 16.2. The van der Waals surface area contributed by atoms with Crippen molar-refractivity contribution in [2.75, 3.05) is 60.9 Å². The smallest absolute Gasteiger partial charge is 0.278 e. The van der Waals surface area contributed by atoms with Crippen LogP contribution in [0.1, 0.15) is 65.7 Å². The van der Waals surface area contributed by atoms with E-state index in [1.54, 1.807) is 26.5 Å². The maximum Gasteiger partial charge on any atom is 0.278 e. The van der Waals surface area contributed by atoms with Gasteiger partial charge in [-0.1, -0.05) is 19.1 Å². The number of carbonyl (C=O) groups is 3. The monoisotopic (exact) mass is 807 g/mol. The Bertz CT molecular complexity index is 2590. The zero-order valence-electron chi connectivity index (χ0n) is 33.8. The lowest BCUT2D eigenvalue weighted by Crippen LogP contribution is -2.55. The Labute approximate surface area is 347 Å². The molecule has 308 valence electrons. The van der Waals surface area contributed by atoms with Gasteiger partial charge in [-0.05, 0) is 85.3 Å². The third kappa shape index (κ3) is 6.79. The van der Waals surface area contributed by atoms with Crippen molar-refractivity contribution in [3.63, 3.8) is 0 Å². The van der Waals surface area contributed by atoms with Crippen LogP contribution in [-0.4, -0.2) is 104 Å². The molecule has 7 heterocycles. The number of aromatic nitrogens is 5. The third-order valence-corrected chi connectivity index (χ3v) is 13.0. The van der Waals surface area contributed by atoms with Gasteiger partial charge in [-0.2, -0.15) is 4.98 Å². The number of amides is 3. The van der Waals surface area contributed by atoms with E-state index in [2.05, 4.69) is 68.1 Å². The van der Waals surface area contributed by atoms with E-state index in [0.717, 1.165) is 87.7 Å². The molecule has 2 atom stereocenters. The van der Waals surface area contributed by atoms with Gasteiger partial charge in [-0.3, -0.25) is 29.4 Å². The minimum Gasteiger partial charge on any atom is -0.371 e. The first-order valence-electron chi connectivity index (χ1n) is 21.2. The summed E-state index contributed by atoms with van der Waals surface area (Å²) in [5.74, 6) is 1.29. The quantitative estimate of drug-likeness (QED) is 0.145. The van der Waals surface area contributed by atoms with E-state index in [1.165, 1.54) is 11.3 Å². The molecule has 3 saturated heterocycles. The number of carbonyl (C=O) groups excluding carboxylic acids is 3. The second-order valence-corrected chi connectivity index (χ2v) is 16.7. The summed E-state index contributed by atoms with van der Waals surface area (Å²) in [5, 5.41) is 6.16. The van der Waals surface area contributed by atoms with Gasteiger partial charge < -0.3 is 20.0 Å². The van der Waals surface area contributed by atoms with Crippen molar-refractivity contribution in [3.05, 3.63) is 106 Å². The molecule has 3 aromatic heterocycles. The molecule has 0 bridgehead atoms. The van der Waals surface area contributed by atoms with Crippen LogP contribution in [-0.2, 0) is 29.1 Å². The standard InChI is InChI=1S/C45H49N11O4/c1-3-17-55-44(60)36-23-46-45(50-41(36)56(55)38-15-7-30-6-5-29(4-2)40(30)48-38)47-32-8-10-33(11-9-32)53-25-28(26-53)24-51-18-20-52(21-19-51)34-12-13-35-31(22-34)27-54(43(35)59)37-14-16-39(57)49-42(37)58/h3,7-13,15,22-23,28-29,37H,1,4-6,14,16-21,24-27H2,2H3,(H,46,47,50)(H,49,57,58). The predicted molar refractivity (Wildman–Crippen MR) is 229 cm³/mol. The van der Waals surface area contributed by atoms with Crippen molar-refractivity contribution in [3.8, 4) is 5.82 Å². The Balaban J connectivity index is 0.735. The Morgan fingerprint density at radius 2 is 1.68 bits per heavy atom. The number of aryl methyl sites for hydroxylation is 1. The van der Waals surface area contributed by atoms with Crippen LogP contribution in [0, 0.1) is 5.92 Å². The molecule has 5 aliphatic rings. The van der Waals surface area contributed by atoms with Crippen molar-refractivity contribution < 1.29 is 14.4 Å². The van der Waals surface area contributed by atoms with Crippen LogP contribution in [0.25, 0.3) is 16.9 Å². The number of fused-ring (bicyclic) bond motifs is 3. The second-order valence-electron chi connectivity index (χ2n) is 16.7. The third-order valence-electron chi connectivity index (χ3n) is 13.0. The molecule has 1 aliphatic carbocycles. The molecule has 15 nitrogen and oxygen atoms in total. The van der Waals surface area contributed by atoms with Gasteiger partial charge in [0.2, 0.25) is 17.8 Å². The number of allylic oxidation sites excluding steroid dienone is 1. The van der Waals surface area contributed by atoms with Crippen molar-refractivity contribution in [2.24, 2.45) is 5.92 Å². The average Bonchev–Trinajstić information content (AvgIpc) is 3.90. The highest BCUT2D eigenvalue weighted by molar-refractivity contribution is 6.05. The fourth-order valence-corrected chi connectivity index (χ4v) is 9.74.